The molecular formula is C24H28O6S. The van der Waals surface area contributed by atoms with Crippen molar-refractivity contribution in [2.24, 2.45) is 16.7 Å². The minimum atomic E-state index is -3.95. The van der Waals surface area contributed by atoms with E-state index < -0.39 is 27.2 Å². The molecule has 6 nitrogen and oxygen atoms in total. The lowest BCUT2D eigenvalue weighted by atomic mass is 9.71. The lowest BCUT2D eigenvalue weighted by Crippen LogP contribution is -2.45. The molecule has 2 saturated carbocycles. The van der Waals surface area contributed by atoms with E-state index in [1.165, 1.54) is 26.4 Å². The van der Waals surface area contributed by atoms with Gasteiger partial charge in [-0.1, -0.05) is 37.6 Å². The molecule has 0 aliphatic heterocycles. The summed E-state index contributed by atoms with van der Waals surface area (Å²) in [7, 11) is -1.57. The summed E-state index contributed by atoms with van der Waals surface area (Å²) in [4.78, 5) is 25.9. The largest absolute Gasteiger partial charge is 0.468 e. The number of allylic oxidation sites excluding steroid dienone is 3. The van der Waals surface area contributed by atoms with Gasteiger partial charge in [0.15, 0.2) is 5.41 Å². The Labute approximate surface area is 183 Å². The van der Waals surface area contributed by atoms with E-state index in [4.69, 9.17) is 9.47 Å². The molecule has 0 saturated heterocycles. The molecule has 2 fully saturated rings. The maximum atomic E-state index is 13.8. The van der Waals surface area contributed by atoms with E-state index in [-0.39, 0.29) is 34.0 Å². The van der Waals surface area contributed by atoms with Gasteiger partial charge in [-0.2, -0.15) is 0 Å². The summed E-state index contributed by atoms with van der Waals surface area (Å²) in [5, 5.41) is 0. The van der Waals surface area contributed by atoms with Crippen LogP contribution in [0.4, 0.5) is 0 Å². The highest BCUT2D eigenvalue weighted by atomic mass is 32.2. The zero-order valence-corrected chi connectivity index (χ0v) is 18.8. The van der Waals surface area contributed by atoms with Crippen molar-refractivity contribution in [3.8, 4) is 0 Å². The first kappa shape index (κ1) is 21.8. The first-order valence-electron chi connectivity index (χ1n) is 10.6. The minimum absolute atomic E-state index is 0.00205. The van der Waals surface area contributed by atoms with Gasteiger partial charge in [0.2, 0.25) is 9.84 Å². The van der Waals surface area contributed by atoms with Crippen LogP contribution in [-0.4, -0.2) is 34.6 Å². The molecule has 166 valence electrons. The zero-order valence-electron chi connectivity index (χ0n) is 18.0. The number of methoxy groups -OCH3 is 2. The highest BCUT2D eigenvalue weighted by Gasteiger charge is 2.61. The molecule has 7 heteroatoms. The average Bonchev–Trinajstić information content (AvgIpc) is 3.25. The van der Waals surface area contributed by atoms with Gasteiger partial charge in [0, 0.05) is 6.42 Å². The summed E-state index contributed by atoms with van der Waals surface area (Å²) < 4.78 is 37.4. The van der Waals surface area contributed by atoms with Gasteiger partial charge in [-0.3, -0.25) is 9.59 Å². The lowest BCUT2D eigenvalue weighted by molar-refractivity contribution is -0.169. The molecule has 0 heterocycles. The number of sulfone groups is 1. The van der Waals surface area contributed by atoms with Crippen molar-refractivity contribution in [3.63, 3.8) is 0 Å². The molecule has 0 radical (unpaired) electrons. The monoisotopic (exact) mass is 444 g/mol. The lowest BCUT2D eigenvalue weighted by Gasteiger charge is -2.36. The fourth-order valence-corrected chi connectivity index (χ4v) is 7.47. The van der Waals surface area contributed by atoms with Gasteiger partial charge >= 0.3 is 11.9 Å². The van der Waals surface area contributed by atoms with E-state index in [0.29, 0.717) is 11.1 Å². The Balaban J connectivity index is 1.90. The summed E-state index contributed by atoms with van der Waals surface area (Å²) in [6.07, 6.45) is 5.10. The van der Waals surface area contributed by atoms with Crippen LogP contribution in [0, 0.1) is 16.7 Å². The van der Waals surface area contributed by atoms with Gasteiger partial charge in [0.05, 0.1) is 24.0 Å². The number of ether oxygens (including phenoxy) is 2. The van der Waals surface area contributed by atoms with Crippen LogP contribution < -0.4 is 0 Å². The van der Waals surface area contributed by atoms with Gasteiger partial charge in [-0.05, 0) is 60.3 Å². The summed E-state index contributed by atoms with van der Waals surface area (Å²) in [5.41, 5.74) is -0.384. The van der Waals surface area contributed by atoms with Crippen LogP contribution in [-0.2, 0) is 28.9 Å². The van der Waals surface area contributed by atoms with Crippen molar-refractivity contribution in [1.82, 2.24) is 0 Å². The Kier molecular flexibility index (Phi) is 5.36. The number of benzene rings is 1. The van der Waals surface area contributed by atoms with Crippen LogP contribution in [0.25, 0.3) is 0 Å². The summed E-state index contributed by atoms with van der Waals surface area (Å²) in [5.74, 6) is -1.50. The molecule has 0 N–H and O–H groups in total. The van der Waals surface area contributed by atoms with E-state index >= 15 is 0 Å². The van der Waals surface area contributed by atoms with E-state index in [0.717, 1.165) is 32.1 Å². The Morgan fingerprint density at radius 2 is 1.58 bits per heavy atom. The number of hydrogen-bond donors (Lipinski definition) is 0. The van der Waals surface area contributed by atoms with Crippen LogP contribution >= 0.6 is 0 Å². The van der Waals surface area contributed by atoms with Crippen molar-refractivity contribution in [2.45, 2.75) is 49.8 Å². The van der Waals surface area contributed by atoms with Gasteiger partial charge in [-0.25, -0.2) is 8.42 Å². The summed E-state index contributed by atoms with van der Waals surface area (Å²) in [6.45, 7) is 4.16. The van der Waals surface area contributed by atoms with Crippen molar-refractivity contribution in [1.29, 1.82) is 0 Å². The van der Waals surface area contributed by atoms with Crippen LogP contribution in [0.3, 0.4) is 0 Å². The van der Waals surface area contributed by atoms with Gasteiger partial charge in [0.25, 0.3) is 0 Å². The van der Waals surface area contributed by atoms with Crippen LogP contribution in [0.5, 0.6) is 0 Å². The SMILES string of the molecule is C=C1CC(C(=O)OC)(C(=O)OC)CC(S(=O)(=O)c2ccccc2)=C1C1CC12CCCC2. The van der Waals surface area contributed by atoms with Crippen molar-refractivity contribution >= 4 is 21.8 Å². The van der Waals surface area contributed by atoms with Crippen LogP contribution in [0.2, 0.25) is 0 Å². The maximum absolute atomic E-state index is 13.8. The van der Waals surface area contributed by atoms with Crippen molar-refractivity contribution in [2.75, 3.05) is 14.2 Å². The zero-order chi connectivity index (χ0) is 22.4. The van der Waals surface area contributed by atoms with Gasteiger partial charge in [0.1, 0.15) is 0 Å². The van der Waals surface area contributed by atoms with Gasteiger partial charge < -0.3 is 9.47 Å². The van der Waals surface area contributed by atoms with E-state index in [9.17, 15) is 18.0 Å². The first-order chi connectivity index (χ1) is 14.7. The first-order valence-corrected chi connectivity index (χ1v) is 12.1. The predicted octanol–water partition coefficient (Wildman–Crippen LogP) is 3.98. The molecule has 3 aliphatic carbocycles. The summed E-state index contributed by atoms with van der Waals surface area (Å²) >= 11 is 0. The second kappa shape index (κ2) is 7.62. The number of rotatable bonds is 5. The molecule has 0 bridgehead atoms. The fourth-order valence-electron chi connectivity index (χ4n) is 5.66. The summed E-state index contributed by atoms with van der Waals surface area (Å²) in [6, 6.07) is 8.14. The molecule has 1 aromatic rings. The highest BCUT2D eigenvalue weighted by Crippen LogP contribution is 2.68. The minimum Gasteiger partial charge on any atom is -0.468 e. The van der Waals surface area contributed by atoms with Crippen molar-refractivity contribution in [3.05, 3.63) is 53.0 Å². The Morgan fingerprint density at radius 1 is 1.00 bits per heavy atom. The molecule has 0 amide bonds. The molecule has 1 aromatic carbocycles. The number of carbonyl (C=O) groups is 2. The fraction of sp³-hybridized carbons (Fsp3) is 0.500. The number of carbonyl (C=O) groups excluding carboxylic acids is 2. The quantitative estimate of drug-likeness (QED) is 0.504. The third-order valence-electron chi connectivity index (χ3n) is 7.33. The van der Waals surface area contributed by atoms with Crippen LogP contribution in [0.15, 0.2) is 57.9 Å². The number of esters is 2. The third kappa shape index (κ3) is 3.34. The second-order valence-corrected chi connectivity index (χ2v) is 11.0. The third-order valence-corrected chi connectivity index (χ3v) is 9.23. The Bertz CT molecular complexity index is 1040. The number of hydrogen-bond acceptors (Lipinski definition) is 6. The van der Waals surface area contributed by atoms with E-state index in [2.05, 4.69) is 6.58 Å². The molecule has 3 aliphatic rings. The van der Waals surface area contributed by atoms with Crippen molar-refractivity contribution < 1.29 is 27.5 Å². The molecule has 4 rings (SSSR count). The molecule has 1 unspecified atom stereocenters. The predicted molar refractivity (Wildman–Crippen MR) is 115 cm³/mol. The maximum Gasteiger partial charge on any atom is 0.323 e. The average molecular weight is 445 g/mol. The second-order valence-electron chi connectivity index (χ2n) is 9.00. The standard InChI is InChI=1S/C24H28O6S/c1-16-13-24(21(25)29-2,22(26)30-3)15-19(31(27,28)17-9-5-4-6-10-17)20(16)18-14-23(18)11-7-8-12-23/h4-6,9-10,18H,1,7-8,11-15H2,2-3H3. The van der Waals surface area contributed by atoms with Crippen LogP contribution in [0.1, 0.15) is 44.9 Å². The molecule has 0 aromatic heterocycles. The molecular weight excluding hydrogens is 416 g/mol. The molecule has 1 atom stereocenters. The van der Waals surface area contributed by atoms with Gasteiger partial charge in [-0.15, -0.1) is 0 Å². The van der Waals surface area contributed by atoms with E-state index in [1.807, 2.05) is 0 Å². The topological polar surface area (TPSA) is 86.7 Å². The normalized spacial score (nSPS) is 24.2. The molecule has 1 spiro atoms. The Morgan fingerprint density at radius 3 is 2.13 bits per heavy atom. The smallest absolute Gasteiger partial charge is 0.323 e. The Hall–Kier alpha value is -2.41. The van der Waals surface area contributed by atoms with E-state index in [1.54, 1.807) is 18.2 Å². The highest BCUT2D eigenvalue weighted by molar-refractivity contribution is 7.95. The molecule has 31 heavy (non-hydrogen) atoms.